The molecule has 1 heteroatoms. The molecule has 0 amide bonds. The normalized spacial score (nSPS) is 23.6. The third-order valence-corrected chi connectivity index (χ3v) is 4.77. The van der Waals surface area contributed by atoms with Crippen molar-refractivity contribution < 1.29 is 5.11 Å². The summed E-state index contributed by atoms with van der Waals surface area (Å²) in [5.74, 6) is 1.61. The lowest BCUT2D eigenvalue weighted by Crippen LogP contribution is -2.45. The van der Waals surface area contributed by atoms with Gasteiger partial charge in [0.2, 0.25) is 0 Å². The van der Waals surface area contributed by atoms with Gasteiger partial charge in [-0.25, -0.2) is 0 Å². The summed E-state index contributed by atoms with van der Waals surface area (Å²) in [5.41, 5.74) is -0.408. The van der Waals surface area contributed by atoms with E-state index < -0.39 is 5.60 Å². The van der Waals surface area contributed by atoms with Crippen LogP contribution in [0, 0.1) is 17.8 Å². The molecule has 0 aromatic heterocycles. The van der Waals surface area contributed by atoms with E-state index in [2.05, 4.69) is 27.7 Å². The second kappa shape index (κ2) is 6.78. The van der Waals surface area contributed by atoms with Gasteiger partial charge < -0.3 is 5.11 Å². The van der Waals surface area contributed by atoms with Gasteiger partial charge in [0, 0.05) is 0 Å². The van der Waals surface area contributed by atoms with Gasteiger partial charge >= 0.3 is 0 Å². The molecule has 1 rings (SSSR count). The van der Waals surface area contributed by atoms with E-state index in [9.17, 15) is 5.11 Å². The van der Waals surface area contributed by atoms with Gasteiger partial charge in [-0.3, -0.25) is 0 Å². The van der Waals surface area contributed by atoms with Crippen LogP contribution in [-0.2, 0) is 0 Å². The van der Waals surface area contributed by atoms with Gasteiger partial charge in [-0.05, 0) is 37.0 Å². The Morgan fingerprint density at radius 1 is 1.12 bits per heavy atom. The molecule has 0 radical (unpaired) electrons. The first-order valence-electron chi connectivity index (χ1n) is 7.73. The Balaban J connectivity index is 2.66. The van der Waals surface area contributed by atoms with Gasteiger partial charge in [-0.15, -0.1) is 0 Å². The molecule has 0 spiro atoms. The smallest absolute Gasteiger partial charge is 0.0701 e. The van der Waals surface area contributed by atoms with Crippen molar-refractivity contribution in [2.75, 3.05) is 0 Å². The minimum Gasteiger partial charge on any atom is -0.389 e. The Morgan fingerprint density at radius 3 is 2.18 bits per heavy atom. The third kappa shape index (κ3) is 3.98. The molecular weight excluding hydrogens is 208 g/mol. The van der Waals surface area contributed by atoms with E-state index in [1.165, 1.54) is 44.9 Å². The fourth-order valence-corrected chi connectivity index (χ4v) is 3.63. The molecule has 0 bridgehead atoms. The zero-order valence-corrected chi connectivity index (χ0v) is 12.3. The molecule has 102 valence electrons. The predicted octanol–water partition coefficient (Wildman–Crippen LogP) is 4.78. The highest BCUT2D eigenvalue weighted by atomic mass is 16.3. The van der Waals surface area contributed by atoms with Crippen molar-refractivity contribution in [2.45, 2.75) is 84.7 Å². The zero-order chi connectivity index (χ0) is 12.9. The lowest BCUT2D eigenvalue weighted by atomic mass is 9.67. The molecule has 0 heterocycles. The topological polar surface area (TPSA) is 20.2 Å². The summed E-state index contributed by atoms with van der Waals surface area (Å²) in [5, 5.41) is 11.1. The van der Waals surface area contributed by atoms with Crippen molar-refractivity contribution >= 4 is 0 Å². The summed E-state index contributed by atoms with van der Waals surface area (Å²) in [6.07, 6.45) is 9.99. The molecule has 1 aliphatic carbocycles. The summed E-state index contributed by atoms with van der Waals surface area (Å²) in [6.45, 7) is 8.95. The molecule has 1 aliphatic rings. The number of rotatable bonds is 6. The second-order valence-corrected chi connectivity index (χ2v) is 6.58. The Morgan fingerprint density at radius 2 is 1.71 bits per heavy atom. The van der Waals surface area contributed by atoms with Crippen LogP contribution < -0.4 is 0 Å². The van der Waals surface area contributed by atoms with Gasteiger partial charge in [-0.2, -0.15) is 0 Å². The van der Waals surface area contributed by atoms with Gasteiger partial charge in [0.25, 0.3) is 0 Å². The van der Waals surface area contributed by atoms with Crippen molar-refractivity contribution in [2.24, 2.45) is 17.8 Å². The highest BCUT2D eigenvalue weighted by Crippen LogP contribution is 2.41. The van der Waals surface area contributed by atoms with E-state index in [-0.39, 0.29) is 0 Å². The number of aliphatic hydroxyl groups is 1. The van der Waals surface area contributed by atoms with Crippen LogP contribution in [-0.4, -0.2) is 10.7 Å². The van der Waals surface area contributed by atoms with Gasteiger partial charge in [0.1, 0.15) is 0 Å². The van der Waals surface area contributed by atoms with E-state index in [0.717, 1.165) is 6.42 Å². The average Bonchev–Trinajstić information content (AvgIpc) is 2.30. The lowest BCUT2D eigenvalue weighted by Gasteiger charge is -2.43. The second-order valence-electron chi connectivity index (χ2n) is 6.58. The molecule has 0 aliphatic heterocycles. The summed E-state index contributed by atoms with van der Waals surface area (Å²) in [4.78, 5) is 0. The summed E-state index contributed by atoms with van der Waals surface area (Å²) in [7, 11) is 0. The Kier molecular flexibility index (Phi) is 5.99. The summed E-state index contributed by atoms with van der Waals surface area (Å²) < 4.78 is 0. The maximum Gasteiger partial charge on any atom is 0.0701 e. The predicted molar refractivity (Wildman–Crippen MR) is 75.1 cm³/mol. The Hall–Kier alpha value is -0.0400. The first kappa shape index (κ1) is 15.0. The molecule has 2 atom stereocenters. The molecule has 1 saturated carbocycles. The molecule has 17 heavy (non-hydrogen) atoms. The zero-order valence-electron chi connectivity index (χ0n) is 12.3. The fourth-order valence-electron chi connectivity index (χ4n) is 3.63. The van der Waals surface area contributed by atoms with Crippen LogP contribution in [0.15, 0.2) is 0 Å². The first-order chi connectivity index (χ1) is 8.00. The molecule has 0 aromatic rings. The SMILES string of the molecule is CCCC(C)CC(O)(C(C)C)C1CCCCC1. The molecule has 1 fully saturated rings. The third-order valence-electron chi connectivity index (χ3n) is 4.77. The highest BCUT2D eigenvalue weighted by molar-refractivity contribution is 4.91. The minimum absolute atomic E-state index is 0.393. The van der Waals surface area contributed by atoms with Crippen molar-refractivity contribution in [3.05, 3.63) is 0 Å². The summed E-state index contributed by atoms with van der Waals surface area (Å²) >= 11 is 0. The van der Waals surface area contributed by atoms with Crippen molar-refractivity contribution in [1.82, 2.24) is 0 Å². The van der Waals surface area contributed by atoms with E-state index in [1.54, 1.807) is 0 Å². The molecule has 2 unspecified atom stereocenters. The van der Waals surface area contributed by atoms with E-state index in [1.807, 2.05) is 0 Å². The van der Waals surface area contributed by atoms with Crippen LogP contribution in [0.5, 0.6) is 0 Å². The fraction of sp³-hybridized carbons (Fsp3) is 1.00. The van der Waals surface area contributed by atoms with Crippen molar-refractivity contribution in [3.63, 3.8) is 0 Å². The largest absolute Gasteiger partial charge is 0.389 e. The van der Waals surface area contributed by atoms with Crippen molar-refractivity contribution in [1.29, 1.82) is 0 Å². The minimum atomic E-state index is -0.408. The Bertz CT molecular complexity index is 206. The average molecular weight is 240 g/mol. The van der Waals surface area contributed by atoms with Gasteiger partial charge in [0.05, 0.1) is 5.60 Å². The van der Waals surface area contributed by atoms with E-state index in [0.29, 0.717) is 17.8 Å². The van der Waals surface area contributed by atoms with Gasteiger partial charge in [-0.1, -0.05) is 59.8 Å². The highest BCUT2D eigenvalue weighted by Gasteiger charge is 2.40. The van der Waals surface area contributed by atoms with E-state index >= 15 is 0 Å². The molecule has 0 aromatic carbocycles. The lowest BCUT2D eigenvalue weighted by molar-refractivity contribution is -0.0868. The molecule has 0 saturated heterocycles. The van der Waals surface area contributed by atoms with Crippen LogP contribution in [0.3, 0.4) is 0 Å². The summed E-state index contributed by atoms with van der Waals surface area (Å²) in [6, 6.07) is 0. The monoisotopic (exact) mass is 240 g/mol. The molecule has 1 nitrogen and oxygen atoms in total. The van der Waals surface area contributed by atoms with Crippen LogP contribution >= 0.6 is 0 Å². The van der Waals surface area contributed by atoms with Crippen LogP contribution in [0.2, 0.25) is 0 Å². The van der Waals surface area contributed by atoms with Crippen LogP contribution in [0.25, 0.3) is 0 Å². The quantitative estimate of drug-likeness (QED) is 0.708. The van der Waals surface area contributed by atoms with E-state index in [4.69, 9.17) is 0 Å². The van der Waals surface area contributed by atoms with Crippen molar-refractivity contribution in [3.8, 4) is 0 Å². The standard InChI is InChI=1S/C16H32O/c1-5-9-14(4)12-16(17,13(2)3)15-10-7-6-8-11-15/h13-15,17H,5-12H2,1-4H3. The maximum absolute atomic E-state index is 11.1. The van der Waals surface area contributed by atoms with Crippen LogP contribution in [0.4, 0.5) is 0 Å². The van der Waals surface area contributed by atoms with Crippen LogP contribution in [0.1, 0.15) is 79.1 Å². The molecular formula is C16H32O. The number of hydrogen-bond donors (Lipinski definition) is 1. The Labute approximate surface area is 108 Å². The molecule has 1 N–H and O–H groups in total. The first-order valence-corrected chi connectivity index (χ1v) is 7.73. The number of hydrogen-bond acceptors (Lipinski definition) is 1. The van der Waals surface area contributed by atoms with Gasteiger partial charge in [0.15, 0.2) is 0 Å². The maximum atomic E-state index is 11.1.